The number of carboxylic acids is 1. The lowest BCUT2D eigenvalue weighted by molar-refractivity contribution is -0.385. The number of nitro groups is 1. The molecule has 7 heteroatoms. The highest BCUT2D eigenvalue weighted by Gasteiger charge is 2.27. The summed E-state index contributed by atoms with van der Waals surface area (Å²) in [7, 11) is 0. The molecule has 15 heavy (non-hydrogen) atoms. The summed E-state index contributed by atoms with van der Waals surface area (Å²) in [6.07, 6.45) is 0. The van der Waals surface area contributed by atoms with Crippen molar-refractivity contribution in [3.8, 4) is 6.07 Å². The van der Waals surface area contributed by atoms with Crippen LogP contribution < -0.4 is 0 Å². The molecule has 1 rings (SSSR count). The molecule has 0 spiro atoms. The Morgan fingerprint density at radius 2 is 2.20 bits per heavy atom. The van der Waals surface area contributed by atoms with Gasteiger partial charge in [0.1, 0.15) is 11.6 Å². The number of aromatic carboxylic acids is 1. The highest BCUT2D eigenvalue weighted by Crippen LogP contribution is 2.30. The van der Waals surface area contributed by atoms with Crippen molar-refractivity contribution < 1.29 is 14.8 Å². The van der Waals surface area contributed by atoms with Crippen LogP contribution in [0.5, 0.6) is 0 Å². The van der Waals surface area contributed by atoms with Gasteiger partial charge in [0.05, 0.1) is 4.92 Å². The molecule has 0 saturated heterocycles. The third-order valence-corrected chi connectivity index (χ3v) is 2.30. The molecule has 0 aliphatic heterocycles. The molecule has 1 N–H and O–H groups in total. The number of nitrogens with zero attached hydrogens (tertiary/aromatic N) is 2. The molecule has 76 valence electrons. The Kier molecular flexibility index (Phi) is 3.01. The van der Waals surface area contributed by atoms with Gasteiger partial charge in [-0.15, -0.1) is 0 Å². The van der Waals surface area contributed by atoms with Crippen LogP contribution >= 0.6 is 15.9 Å². The van der Waals surface area contributed by atoms with Crippen LogP contribution in [0.4, 0.5) is 5.69 Å². The molecule has 0 radical (unpaired) electrons. The lowest BCUT2D eigenvalue weighted by Gasteiger charge is -2.01. The van der Waals surface area contributed by atoms with Crippen LogP contribution in [0.15, 0.2) is 16.6 Å². The minimum absolute atomic E-state index is 0.0701. The smallest absolute Gasteiger partial charge is 0.343 e. The molecule has 0 aromatic heterocycles. The predicted octanol–water partition coefficient (Wildman–Crippen LogP) is 1.93. The number of benzene rings is 1. The van der Waals surface area contributed by atoms with Gasteiger partial charge in [0, 0.05) is 4.47 Å². The average Bonchev–Trinajstić information content (AvgIpc) is 2.16. The number of carbonyl (C=O) groups is 1. The van der Waals surface area contributed by atoms with Gasteiger partial charge in [-0.1, -0.05) is 0 Å². The Morgan fingerprint density at radius 3 is 2.60 bits per heavy atom. The zero-order valence-corrected chi connectivity index (χ0v) is 8.69. The van der Waals surface area contributed by atoms with Gasteiger partial charge >= 0.3 is 11.7 Å². The van der Waals surface area contributed by atoms with E-state index >= 15 is 0 Å². The number of hydrogen-bond donors (Lipinski definition) is 1. The highest BCUT2D eigenvalue weighted by atomic mass is 79.9. The Balaban J connectivity index is 3.68. The molecule has 0 amide bonds. The summed E-state index contributed by atoms with van der Waals surface area (Å²) in [6.45, 7) is 0. The van der Waals surface area contributed by atoms with E-state index in [0.717, 1.165) is 0 Å². The molecular formula is C8H3BrN2O4. The standard InChI is InChI=1S/C8H3BrN2O4/c9-5-2-1-4(3-10)7(11(14)15)6(5)8(12)13/h1-2H,(H,12,13). The molecule has 0 bridgehead atoms. The molecule has 0 aliphatic carbocycles. The fourth-order valence-electron chi connectivity index (χ4n) is 1.05. The quantitative estimate of drug-likeness (QED) is 0.653. The molecule has 0 aliphatic rings. The van der Waals surface area contributed by atoms with Gasteiger partial charge in [-0.05, 0) is 28.1 Å². The van der Waals surface area contributed by atoms with E-state index in [1.807, 2.05) is 0 Å². The third kappa shape index (κ3) is 1.94. The Labute approximate surface area is 92.0 Å². The number of rotatable bonds is 2. The maximum absolute atomic E-state index is 10.8. The Morgan fingerprint density at radius 1 is 1.60 bits per heavy atom. The number of carboxylic acid groups (broad SMARTS) is 1. The lowest BCUT2D eigenvalue weighted by atomic mass is 10.1. The number of nitriles is 1. The first-order valence-electron chi connectivity index (χ1n) is 3.59. The molecular weight excluding hydrogens is 268 g/mol. The minimum Gasteiger partial charge on any atom is -0.477 e. The first kappa shape index (κ1) is 11.1. The van der Waals surface area contributed by atoms with Crippen molar-refractivity contribution in [2.45, 2.75) is 0 Å². The molecule has 0 fully saturated rings. The molecule has 6 nitrogen and oxygen atoms in total. The zero-order chi connectivity index (χ0) is 11.6. The summed E-state index contributed by atoms with van der Waals surface area (Å²) in [6, 6.07) is 4.05. The summed E-state index contributed by atoms with van der Waals surface area (Å²) in [5.41, 5.74) is -1.49. The van der Waals surface area contributed by atoms with Gasteiger partial charge in [0.15, 0.2) is 5.56 Å². The van der Waals surface area contributed by atoms with Crippen molar-refractivity contribution in [2.75, 3.05) is 0 Å². The molecule has 0 unspecified atom stereocenters. The number of nitro benzene ring substituents is 1. The van der Waals surface area contributed by atoms with Crippen LogP contribution in [0, 0.1) is 21.4 Å². The zero-order valence-electron chi connectivity index (χ0n) is 7.10. The topological polar surface area (TPSA) is 104 Å². The van der Waals surface area contributed by atoms with Gasteiger partial charge < -0.3 is 5.11 Å². The van der Waals surface area contributed by atoms with Crippen molar-refractivity contribution in [1.82, 2.24) is 0 Å². The van der Waals surface area contributed by atoms with E-state index in [9.17, 15) is 14.9 Å². The van der Waals surface area contributed by atoms with Crippen LogP contribution in [0.3, 0.4) is 0 Å². The van der Waals surface area contributed by atoms with Crippen molar-refractivity contribution in [2.24, 2.45) is 0 Å². The van der Waals surface area contributed by atoms with Crippen molar-refractivity contribution in [3.05, 3.63) is 37.8 Å². The summed E-state index contributed by atoms with van der Waals surface area (Å²) < 4.78 is 0.0701. The van der Waals surface area contributed by atoms with E-state index in [1.54, 1.807) is 6.07 Å². The summed E-state index contributed by atoms with van der Waals surface area (Å²) in [5, 5.41) is 28.0. The van der Waals surface area contributed by atoms with Gasteiger partial charge in [-0.2, -0.15) is 5.26 Å². The SMILES string of the molecule is N#Cc1ccc(Br)c(C(=O)O)c1[N+](=O)[O-]. The highest BCUT2D eigenvalue weighted by molar-refractivity contribution is 9.10. The molecule has 0 heterocycles. The van der Waals surface area contributed by atoms with Crippen molar-refractivity contribution in [1.29, 1.82) is 5.26 Å². The van der Waals surface area contributed by atoms with Gasteiger partial charge in [0.2, 0.25) is 0 Å². The van der Waals surface area contributed by atoms with Crippen LogP contribution in [0.2, 0.25) is 0 Å². The average molecular weight is 271 g/mol. The largest absolute Gasteiger partial charge is 0.477 e. The van der Waals surface area contributed by atoms with E-state index in [-0.39, 0.29) is 10.0 Å². The second-order valence-electron chi connectivity index (χ2n) is 2.49. The summed E-state index contributed by atoms with van der Waals surface area (Å²) >= 11 is 2.88. The Bertz CT molecular complexity index is 492. The van der Waals surface area contributed by atoms with Crippen molar-refractivity contribution >= 4 is 27.6 Å². The van der Waals surface area contributed by atoms with Gasteiger partial charge in [-0.3, -0.25) is 10.1 Å². The predicted molar refractivity (Wildman–Crippen MR) is 52.5 cm³/mol. The maximum Gasteiger partial charge on any atom is 0.343 e. The lowest BCUT2D eigenvalue weighted by Crippen LogP contribution is -2.05. The van der Waals surface area contributed by atoms with Gasteiger partial charge in [-0.25, -0.2) is 4.79 Å². The van der Waals surface area contributed by atoms with Crippen LogP contribution in [-0.2, 0) is 0 Å². The molecule has 0 saturated carbocycles. The van der Waals surface area contributed by atoms with Gasteiger partial charge in [0.25, 0.3) is 0 Å². The van der Waals surface area contributed by atoms with E-state index in [0.29, 0.717) is 0 Å². The minimum atomic E-state index is -1.45. The third-order valence-electron chi connectivity index (χ3n) is 1.64. The normalized spacial score (nSPS) is 9.33. The first-order valence-corrected chi connectivity index (χ1v) is 4.38. The van der Waals surface area contributed by atoms with E-state index in [1.165, 1.54) is 12.1 Å². The second kappa shape index (κ2) is 4.06. The first-order chi connectivity index (χ1) is 6.99. The van der Waals surface area contributed by atoms with E-state index in [4.69, 9.17) is 10.4 Å². The summed E-state index contributed by atoms with van der Waals surface area (Å²) in [4.78, 5) is 20.5. The summed E-state index contributed by atoms with van der Waals surface area (Å²) in [5.74, 6) is -1.45. The number of hydrogen-bond acceptors (Lipinski definition) is 4. The van der Waals surface area contributed by atoms with Crippen LogP contribution in [0.1, 0.15) is 15.9 Å². The van der Waals surface area contributed by atoms with Crippen LogP contribution in [0.25, 0.3) is 0 Å². The van der Waals surface area contributed by atoms with E-state index in [2.05, 4.69) is 15.9 Å². The molecule has 1 aromatic rings. The molecule has 0 atom stereocenters. The Hall–Kier alpha value is -1.94. The fraction of sp³-hybridized carbons (Fsp3) is 0. The second-order valence-corrected chi connectivity index (χ2v) is 3.35. The van der Waals surface area contributed by atoms with Crippen molar-refractivity contribution in [3.63, 3.8) is 0 Å². The monoisotopic (exact) mass is 270 g/mol. The molecule has 1 aromatic carbocycles. The van der Waals surface area contributed by atoms with E-state index < -0.39 is 22.1 Å². The van der Waals surface area contributed by atoms with Crippen LogP contribution in [-0.4, -0.2) is 16.0 Å². The fourth-order valence-corrected chi connectivity index (χ4v) is 1.54. The maximum atomic E-state index is 10.8. The number of halogens is 1.